The fourth-order valence-electron chi connectivity index (χ4n) is 1.16. The Morgan fingerprint density at radius 2 is 2.12 bits per heavy atom. The van der Waals surface area contributed by atoms with Gasteiger partial charge in [-0.25, -0.2) is 4.79 Å². The molecule has 1 aromatic carbocycles. The number of anilines is 1. The number of carbonyl (C=O) groups is 2. The van der Waals surface area contributed by atoms with E-state index in [4.69, 9.17) is 10.5 Å². The maximum atomic E-state index is 11.6. The molecule has 0 aliphatic heterocycles. The molecule has 1 aromatic rings. The first-order chi connectivity index (χ1) is 7.56. The Bertz CT molecular complexity index is 416. The Morgan fingerprint density at radius 1 is 1.44 bits per heavy atom. The molecule has 0 radical (unpaired) electrons. The molecule has 0 spiro atoms. The van der Waals surface area contributed by atoms with Crippen molar-refractivity contribution in [2.75, 3.05) is 19.4 Å². The molecule has 0 atom stereocenters. The lowest BCUT2D eigenvalue weighted by Gasteiger charge is -2.07. The number of likely N-dealkylation sites (N-methyl/N-ethyl adjacent to an activating group) is 1. The predicted molar refractivity (Wildman–Crippen MR) is 59.9 cm³/mol. The summed E-state index contributed by atoms with van der Waals surface area (Å²) in [6, 6.07) is 4.97. The van der Waals surface area contributed by atoms with Crippen molar-refractivity contribution in [3.63, 3.8) is 0 Å². The van der Waals surface area contributed by atoms with Crippen molar-refractivity contribution in [3.05, 3.63) is 29.3 Å². The number of nitrogen functional groups attached to an aromatic ring is 1. The van der Waals surface area contributed by atoms with E-state index >= 15 is 0 Å². The molecule has 3 N–H and O–H groups in total. The van der Waals surface area contributed by atoms with Gasteiger partial charge in [-0.2, -0.15) is 0 Å². The monoisotopic (exact) mass is 222 g/mol. The van der Waals surface area contributed by atoms with Gasteiger partial charge in [0.2, 0.25) is 0 Å². The molecule has 0 saturated carbocycles. The second-order valence-corrected chi connectivity index (χ2v) is 3.27. The quantitative estimate of drug-likeness (QED) is 0.575. The zero-order valence-corrected chi connectivity index (χ0v) is 9.24. The van der Waals surface area contributed by atoms with E-state index in [-0.39, 0.29) is 12.5 Å². The fraction of sp³-hybridized carbons (Fsp3) is 0.273. The first-order valence-electron chi connectivity index (χ1n) is 4.79. The number of amides is 1. The standard InChI is InChI=1S/C11H14N2O3/c1-7-8(4-3-5-9(7)12)11(15)16-6-10(14)13-2/h3-5H,6,12H2,1-2H3,(H,13,14). The average Bonchev–Trinajstić information content (AvgIpc) is 2.29. The van der Waals surface area contributed by atoms with Crippen LogP contribution in [0, 0.1) is 6.92 Å². The normalized spacial score (nSPS) is 9.62. The molecule has 16 heavy (non-hydrogen) atoms. The van der Waals surface area contributed by atoms with Gasteiger partial charge in [-0.05, 0) is 24.6 Å². The number of nitrogens with one attached hydrogen (secondary N) is 1. The van der Waals surface area contributed by atoms with Crippen LogP contribution >= 0.6 is 0 Å². The number of esters is 1. The maximum absolute atomic E-state index is 11.6. The molecule has 86 valence electrons. The van der Waals surface area contributed by atoms with Gasteiger partial charge < -0.3 is 15.8 Å². The lowest BCUT2D eigenvalue weighted by molar-refractivity contribution is -0.123. The van der Waals surface area contributed by atoms with Crippen LogP contribution in [-0.2, 0) is 9.53 Å². The Morgan fingerprint density at radius 3 is 2.75 bits per heavy atom. The zero-order valence-electron chi connectivity index (χ0n) is 9.24. The number of nitrogens with two attached hydrogens (primary N) is 1. The number of hydrogen-bond acceptors (Lipinski definition) is 4. The Kier molecular flexibility index (Phi) is 3.88. The number of carbonyl (C=O) groups excluding carboxylic acids is 2. The minimum Gasteiger partial charge on any atom is -0.452 e. The van der Waals surface area contributed by atoms with Crippen LogP contribution in [0.1, 0.15) is 15.9 Å². The molecule has 0 bridgehead atoms. The van der Waals surface area contributed by atoms with Gasteiger partial charge in [0.05, 0.1) is 5.56 Å². The summed E-state index contributed by atoms with van der Waals surface area (Å²) < 4.78 is 4.81. The third-order valence-corrected chi connectivity index (χ3v) is 2.21. The van der Waals surface area contributed by atoms with Crippen LogP contribution in [0.4, 0.5) is 5.69 Å². The highest BCUT2D eigenvalue weighted by Gasteiger charge is 2.12. The molecule has 0 saturated heterocycles. The molecule has 1 amide bonds. The smallest absolute Gasteiger partial charge is 0.338 e. The van der Waals surface area contributed by atoms with E-state index in [0.717, 1.165) is 0 Å². The lowest BCUT2D eigenvalue weighted by atomic mass is 10.1. The predicted octanol–water partition coefficient (Wildman–Crippen LogP) is 0.480. The van der Waals surface area contributed by atoms with Crippen molar-refractivity contribution in [2.45, 2.75) is 6.92 Å². The summed E-state index contributed by atoms with van der Waals surface area (Å²) >= 11 is 0. The minimum atomic E-state index is -0.548. The molecular formula is C11H14N2O3. The third kappa shape index (κ3) is 2.73. The van der Waals surface area contributed by atoms with Crippen LogP contribution in [0.2, 0.25) is 0 Å². The molecule has 0 heterocycles. The first-order valence-corrected chi connectivity index (χ1v) is 4.79. The van der Waals surface area contributed by atoms with Crippen LogP contribution in [-0.4, -0.2) is 25.5 Å². The van der Waals surface area contributed by atoms with Gasteiger partial charge in [-0.1, -0.05) is 6.07 Å². The lowest BCUT2D eigenvalue weighted by Crippen LogP contribution is -2.25. The Balaban J connectivity index is 2.74. The molecular weight excluding hydrogens is 208 g/mol. The molecule has 5 heteroatoms. The van der Waals surface area contributed by atoms with Crippen LogP contribution in [0.3, 0.4) is 0 Å². The van der Waals surface area contributed by atoms with Crippen molar-refractivity contribution in [3.8, 4) is 0 Å². The molecule has 5 nitrogen and oxygen atoms in total. The van der Waals surface area contributed by atoms with Crippen LogP contribution in [0.25, 0.3) is 0 Å². The summed E-state index contributed by atoms with van der Waals surface area (Å²) in [6.45, 7) is 1.44. The van der Waals surface area contributed by atoms with Crippen molar-refractivity contribution in [1.82, 2.24) is 5.32 Å². The van der Waals surface area contributed by atoms with Crippen LogP contribution in [0.5, 0.6) is 0 Å². The van der Waals surface area contributed by atoms with Crippen LogP contribution < -0.4 is 11.1 Å². The molecule has 0 aliphatic carbocycles. The second-order valence-electron chi connectivity index (χ2n) is 3.27. The first kappa shape index (κ1) is 12.0. The van der Waals surface area contributed by atoms with Crippen LogP contribution in [0.15, 0.2) is 18.2 Å². The summed E-state index contributed by atoms with van der Waals surface area (Å²) in [4.78, 5) is 22.5. The molecule has 0 aromatic heterocycles. The van der Waals surface area contributed by atoms with Gasteiger partial charge >= 0.3 is 5.97 Å². The van der Waals surface area contributed by atoms with E-state index in [1.54, 1.807) is 25.1 Å². The van der Waals surface area contributed by atoms with Gasteiger partial charge in [0.25, 0.3) is 5.91 Å². The number of rotatable bonds is 3. The molecule has 0 aliphatic rings. The van der Waals surface area contributed by atoms with Crippen molar-refractivity contribution in [1.29, 1.82) is 0 Å². The summed E-state index contributed by atoms with van der Waals surface area (Å²) in [5.74, 6) is -0.900. The molecule has 0 unspecified atom stereocenters. The third-order valence-electron chi connectivity index (χ3n) is 2.21. The highest BCUT2D eigenvalue weighted by Crippen LogP contribution is 2.16. The number of ether oxygens (including phenoxy) is 1. The highest BCUT2D eigenvalue weighted by atomic mass is 16.5. The highest BCUT2D eigenvalue weighted by molar-refractivity contribution is 5.93. The zero-order chi connectivity index (χ0) is 12.1. The summed E-state index contributed by atoms with van der Waals surface area (Å²) in [7, 11) is 1.47. The second kappa shape index (κ2) is 5.16. The molecule has 0 fully saturated rings. The van der Waals surface area contributed by atoms with E-state index in [2.05, 4.69) is 5.32 Å². The van der Waals surface area contributed by atoms with Gasteiger partial charge in [0.15, 0.2) is 6.61 Å². The van der Waals surface area contributed by atoms with E-state index in [1.165, 1.54) is 7.05 Å². The van der Waals surface area contributed by atoms with E-state index < -0.39 is 5.97 Å². The Hall–Kier alpha value is -2.04. The van der Waals surface area contributed by atoms with E-state index in [1.807, 2.05) is 0 Å². The Labute approximate surface area is 93.6 Å². The maximum Gasteiger partial charge on any atom is 0.338 e. The van der Waals surface area contributed by atoms with Gasteiger partial charge in [-0.15, -0.1) is 0 Å². The summed E-state index contributed by atoms with van der Waals surface area (Å²) in [5.41, 5.74) is 7.21. The topological polar surface area (TPSA) is 81.4 Å². The van der Waals surface area contributed by atoms with E-state index in [0.29, 0.717) is 16.8 Å². The van der Waals surface area contributed by atoms with Crippen molar-refractivity contribution < 1.29 is 14.3 Å². The SMILES string of the molecule is CNC(=O)COC(=O)c1cccc(N)c1C. The average molecular weight is 222 g/mol. The van der Waals surface area contributed by atoms with Gasteiger partial charge in [0, 0.05) is 12.7 Å². The fourth-order valence-corrected chi connectivity index (χ4v) is 1.16. The summed E-state index contributed by atoms with van der Waals surface area (Å²) in [6.07, 6.45) is 0. The minimum absolute atomic E-state index is 0.288. The van der Waals surface area contributed by atoms with E-state index in [9.17, 15) is 9.59 Å². The largest absolute Gasteiger partial charge is 0.452 e. The van der Waals surface area contributed by atoms with Gasteiger partial charge in [0.1, 0.15) is 0 Å². The van der Waals surface area contributed by atoms with Crippen molar-refractivity contribution >= 4 is 17.6 Å². The number of hydrogen-bond donors (Lipinski definition) is 2. The van der Waals surface area contributed by atoms with Gasteiger partial charge in [-0.3, -0.25) is 4.79 Å². The van der Waals surface area contributed by atoms with Crippen molar-refractivity contribution in [2.24, 2.45) is 0 Å². The number of benzene rings is 1. The molecule has 1 rings (SSSR count). The summed E-state index contributed by atoms with van der Waals surface area (Å²) in [5, 5.41) is 2.36.